The number of nitrogens with one attached hydrogen (secondary N) is 2. The van der Waals surface area contributed by atoms with Crippen molar-refractivity contribution in [2.24, 2.45) is 5.10 Å². The summed E-state index contributed by atoms with van der Waals surface area (Å²) in [5.41, 5.74) is 5.05. The monoisotopic (exact) mass is 259 g/mol. The van der Waals surface area contributed by atoms with Crippen molar-refractivity contribution in [3.8, 4) is 0 Å². The van der Waals surface area contributed by atoms with Crippen LogP contribution in [0.3, 0.4) is 0 Å². The molecule has 0 aromatic heterocycles. The van der Waals surface area contributed by atoms with Gasteiger partial charge >= 0.3 is 0 Å². The molecule has 4 nitrogen and oxygen atoms in total. The highest BCUT2D eigenvalue weighted by atomic mass is 32.1. The molecule has 0 spiro atoms. The van der Waals surface area contributed by atoms with Crippen molar-refractivity contribution in [2.45, 2.75) is 6.42 Å². The van der Waals surface area contributed by atoms with E-state index in [9.17, 15) is 4.79 Å². The molecule has 0 bridgehead atoms. The molecule has 0 radical (unpaired) electrons. The van der Waals surface area contributed by atoms with Crippen LogP contribution in [0, 0.1) is 0 Å². The molecule has 0 saturated heterocycles. The lowest BCUT2D eigenvalue weighted by molar-refractivity contribution is 0.101. The lowest BCUT2D eigenvalue weighted by atomic mass is 10.1. The van der Waals surface area contributed by atoms with Crippen LogP contribution >= 0.6 is 12.2 Å². The zero-order valence-electron chi connectivity index (χ0n) is 9.77. The number of nitrogens with zero attached hydrogens (tertiary/aromatic N) is 1. The molecule has 2 rings (SSSR count). The zero-order valence-corrected chi connectivity index (χ0v) is 10.6. The predicted octanol–water partition coefficient (Wildman–Crippen LogP) is 1.63. The molecular weight excluding hydrogens is 246 g/mol. The molecule has 0 saturated carbocycles. The van der Waals surface area contributed by atoms with Gasteiger partial charge in [-0.2, -0.15) is 5.10 Å². The minimum absolute atomic E-state index is 0.0936. The number of ketones is 1. The van der Waals surface area contributed by atoms with Gasteiger partial charge in [0.25, 0.3) is 0 Å². The Balaban J connectivity index is 2.09. The maximum absolute atomic E-state index is 11.7. The lowest BCUT2D eigenvalue weighted by Gasteiger charge is -2.05. The van der Waals surface area contributed by atoms with E-state index in [0.717, 1.165) is 16.8 Å². The Morgan fingerprint density at radius 1 is 1.44 bits per heavy atom. The quantitative estimate of drug-likeness (QED) is 0.492. The van der Waals surface area contributed by atoms with Crippen molar-refractivity contribution < 1.29 is 4.79 Å². The van der Waals surface area contributed by atoms with Gasteiger partial charge in [-0.1, -0.05) is 30.3 Å². The highest BCUT2D eigenvalue weighted by Gasteiger charge is 2.24. The molecule has 1 aromatic rings. The first-order valence-electron chi connectivity index (χ1n) is 5.56. The van der Waals surface area contributed by atoms with Crippen LogP contribution in [-0.4, -0.2) is 23.2 Å². The van der Waals surface area contributed by atoms with Gasteiger partial charge < -0.3 is 5.32 Å². The number of carbonyl (C=O) groups is 1. The first-order valence-corrected chi connectivity index (χ1v) is 5.97. The maximum Gasteiger partial charge on any atom is 0.187 e. The van der Waals surface area contributed by atoms with Gasteiger partial charge in [0, 0.05) is 17.7 Å². The van der Waals surface area contributed by atoms with E-state index in [1.54, 1.807) is 6.08 Å². The van der Waals surface area contributed by atoms with Crippen molar-refractivity contribution in [3.63, 3.8) is 0 Å². The molecule has 0 aliphatic heterocycles. The number of hydrazone groups is 1. The summed E-state index contributed by atoms with van der Waals surface area (Å²) < 4.78 is 0. The van der Waals surface area contributed by atoms with Gasteiger partial charge in [0.15, 0.2) is 10.9 Å². The molecule has 0 heterocycles. The summed E-state index contributed by atoms with van der Waals surface area (Å²) in [6.07, 6.45) is 2.02. The van der Waals surface area contributed by atoms with Crippen molar-refractivity contribution in [2.75, 3.05) is 6.54 Å². The lowest BCUT2D eigenvalue weighted by Crippen LogP contribution is -2.32. The molecular formula is C13H13N3OS. The molecule has 1 aliphatic carbocycles. The Kier molecular flexibility index (Phi) is 3.84. The van der Waals surface area contributed by atoms with Gasteiger partial charge in [-0.25, -0.2) is 0 Å². The number of hydrogen-bond donors (Lipinski definition) is 2. The number of benzene rings is 1. The second-order valence-corrected chi connectivity index (χ2v) is 4.22. The van der Waals surface area contributed by atoms with Crippen LogP contribution < -0.4 is 10.7 Å². The van der Waals surface area contributed by atoms with Gasteiger partial charge in [0.1, 0.15) is 0 Å². The second-order valence-electron chi connectivity index (χ2n) is 3.81. The van der Waals surface area contributed by atoms with E-state index in [1.165, 1.54) is 0 Å². The topological polar surface area (TPSA) is 53.5 Å². The third kappa shape index (κ3) is 2.62. The summed E-state index contributed by atoms with van der Waals surface area (Å²) in [7, 11) is 0. The third-order valence-corrected chi connectivity index (χ3v) is 2.80. The highest BCUT2D eigenvalue weighted by Crippen LogP contribution is 2.21. The SMILES string of the molecule is C=CCNC(=S)NN=C1CC(=O)c2ccccc21. The Hall–Kier alpha value is -2.01. The fourth-order valence-corrected chi connectivity index (χ4v) is 1.87. The van der Waals surface area contributed by atoms with Crippen molar-refractivity contribution in [1.82, 2.24) is 10.7 Å². The first-order chi connectivity index (χ1) is 8.72. The smallest absolute Gasteiger partial charge is 0.187 e. The van der Waals surface area contributed by atoms with E-state index in [0.29, 0.717) is 18.1 Å². The van der Waals surface area contributed by atoms with Crippen LogP contribution in [0.5, 0.6) is 0 Å². The van der Waals surface area contributed by atoms with Crippen LogP contribution in [0.25, 0.3) is 0 Å². The Morgan fingerprint density at radius 3 is 2.89 bits per heavy atom. The summed E-state index contributed by atoms with van der Waals surface area (Å²) in [5, 5.41) is 7.49. The van der Waals surface area contributed by atoms with Crippen LogP contribution in [-0.2, 0) is 0 Å². The van der Waals surface area contributed by atoms with Crippen LogP contribution in [0.1, 0.15) is 22.3 Å². The van der Waals surface area contributed by atoms with Crippen LogP contribution in [0.15, 0.2) is 42.0 Å². The number of Topliss-reactive ketones (excluding diaryl/α,β-unsaturated/α-hetero) is 1. The van der Waals surface area contributed by atoms with Gasteiger partial charge in [0.2, 0.25) is 0 Å². The van der Waals surface area contributed by atoms with Crippen LogP contribution in [0.4, 0.5) is 0 Å². The largest absolute Gasteiger partial charge is 0.358 e. The van der Waals surface area contributed by atoms with E-state index >= 15 is 0 Å². The average Bonchev–Trinajstić information content (AvgIpc) is 2.71. The number of rotatable bonds is 3. The number of carbonyl (C=O) groups excluding carboxylic acids is 1. The van der Waals surface area contributed by atoms with Gasteiger partial charge in [-0.05, 0) is 12.2 Å². The Labute approximate surface area is 111 Å². The molecule has 0 fully saturated rings. The molecule has 2 N–H and O–H groups in total. The summed E-state index contributed by atoms with van der Waals surface area (Å²) in [6.45, 7) is 4.16. The minimum atomic E-state index is 0.0936. The fourth-order valence-electron chi connectivity index (χ4n) is 1.74. The van der Waals surface area contributed by atoms with Gasteiger partial charge in [-0.15, -0.1) is 6.58 Å². The summed E-state index contributed by atoms with van der Waals surface area (Å²) in [6, 6.07) is 7.44. The summed E-state index contributed by atoms with van der Waals surface area (Å²) in [4.78, 5) is 11.7. The number of hydrogen-bond acceptors (Lipinski definition) is 3. The van der Waals surface area contributed by atoms with Crippen molar-refractivity contribution in [1.29, 1.82) is 0 Å². The van der Waals surface area contributed by atoms with Gasteiger partial charge in [-0.3, -0.25) is 10.2 Å². The number of fused-ring (bicyclic) bond motifs is 1. The van der Waals surface area contributed by atoms with E-state index in [2.05, 4.69) is 22.4 Å². The number of thiocarbonyl (C=S) groups is 1. The fraction of sp³-hybridized carbons (Fsp3) is 0.154. The third-order valence-electron chi connectivity index (χ3n) is 2.57. The average molecular weight is 259 g/mol. The van der Waals surface area contributed by atoms with E-state index in [4.69, 9.17) is 12.2 Å². The van der Waals surface area contributed by atoms with Crippen molar-refractivity contribution in [3.05, 3.63) is 48.0 Å². The van der Waals surface area contributed by atoms with Crippen molar-refractivity contribution >= 4 is 28.8 Å². The Bertz CT molecular complexity index is 537. The van der Waals surface area contributed by atoms with E-state index in [1.807, 2.05) is 24.3 Å². The standard InChI is InChI=1S/C13H13N3OS/c1-2-7-14-13(18)16-15-11-8-12(17)10-6-4-3-5-9(10)11/h2-6H,1,7-8H2,(H2,14,16,18). The molecule has 0 atom stereocenters. The molecule has 1 aliphatic rings. The zero-order chi connectivity index (χ0) is 13.0. The normalized spacial score (nSPS) is 15.3. The summed E-state index contributed by atoms with van der Waals surface area (Å²) in [5.74, 6) is 0.0936. The van der Waals surface area contributed by atoms with E-state index < -0.39 is 0 Å². The highest BCUT2D eigenvalue weighted by molar-refractivity contribution is 7.80. The predicted molar refractivity (Wildman–Crippen MR) is 75.9 cm³/mol. The molecule has 1 aromatic carbocycles. The minimum Gasteiger partial charge on any atom is -0.358 e. The van der Waals surface area contributed by atoms with E-state index in [-0.39, 0.29) is 5.78 Å². The molecule has 0 unspecified atom stereocenters. The van der Waals surface area contributed by atoms with Gasteiger partial charge in [0.05, 0.1) is 12.1 Å². The summed E-state index contributed by atoms with van der Waals surface area (Å²) >= 11 is 5.02. The Morgan fingerprint density at radius 2 is 2.17 bits per heavy atom. The molecule has 0 amide bonds. The molecule has 92 valence electrons. The molecule has 5 heteroatoms. The maximum atomic E-state index is 11.7. The molecule has 18 heavy (non-hydrogen) atoms. The second kappa shape index (κ2) is 5.55. The van der Waals surface area contributed by atoms with Crippen LogP contribution in [0.2, 0.25) is 0 Å². The first kappa shape index (κ1) is 12.4.